The topological polar surface area (TPSA) is 12.0 Å². The fourth-order valence-corrected chi connectivity index (χ4v) is 2.11. The van der Waals surface area contributed by atoms with Crippen LogP contribution in [0, 0.1) is 5.82 Å². The highest BCUT2D eigenvalue weighted by Crippen LogP contribution is 2.17. The lowest BCUT2D eigenvalue weighted by molar-refractivity contribution is 0.589. The van der Waals surface area contributed by atoms with Crippen LogP contribution in [0.4, 0.5) is 4.39 Å². The summed E-state index contributed by atoms with van der Waals surface area (Å²) in [7, 11) is 0. The second-order valence-electron chi connectivity index (χ2n) is 4.27. The molecule has 1 N–H and O–H groups in total. The Bertz CT molecular complexity index is 540. The Balaban J connectivity index is 1.81. The van der Waals surface area contributed by atoms with Crippen LogP contribution in [0.2, 0.25) is 10.0 Å². The molecule has 2 rings (SSSR count). The van der Waals surface area contributed by atoms with Gasteiger partial charge in [0.05, 0.1) is 5.02 Å². The lowest BCUT2D eigenvalue weighted by Gasteiger charge is -2.07. The summed E-state index contributed by atoms with van der Waals surface area (Å²) in [4.78, 5) is 0. The highest BCUT2D eigenvalue weighted by Gasteiger charge is 2.05. The average Bonchev–Trinajstić information content (AvgIpc) is 2.41. The average molecular weight is 298 g/mol. The molecule has 1 nitrogen and oxygen atoms in total. The first-order chi connectivity index (χ1) is 9.16. The van der Waals surface area contributed by atoms with Crippen LogP contribution in [0.25, 0.3) is 0 Å². The molecule has 0 heterocycles. The van der Waals surface area contributed by atoms with Crippen LogP contribution in [0.1, 0.15) is 11.1 Å². The van der Waals surface area contributed by atoms with Gasteiger partial charge in [-0.05, 0) is 36.7 Å². The molecule has 0 aromatic heterocycles. The molecule has 2 aromatic rings. The smallest absolute Gasteiger partial charge is 0.146 e. The third-order valence-electron chi connectivity index (χ3n) is 2.85. The molecular weight excluding hydrogens is 284 g/mol. The summed E-state index contributed by atoms with van der Waals surface area (Å²) < 4.78 is 13.6. The monoisotopic (exact) mass is 297 g/mol. The van der Waals surface area contributed by atoms with Crippen molar-refractivity contribution in [2.24, 2.45) is 0 Å². The lowest BCUT2D eigenvalue weighted by Crippen LogP contribution is -2.17. The van der Waals surface area contributed by atoms with Crippen LogP contribution < -0.4 is 5.32 Å². The molecule has 0 amide bonds. The van der Waals surface area contributed by atoms with E-state index in [0.717, 1.165) is 18.0 Å². The summed E-state index contributed by atoms with van der Waals surface area (Å²) in [5, 5.41) is 4.10. The van der Waals surface area contributed by atoms with Crippen molar-refractivity contribution in [3.8, 4) is 0 Å². The molecule has 0 atom stereocenters. The zero-order chi connectivity index (χ0) is 13.7. The molecule has 0 saturated heterocycles. The van der Waals surface area contributed by atoms with Gasteiger partial charge < -0.3 is 5.32 Å². The highest BCUT2D eigenvalue weighted by molar-refractivity contribution is 6.31. The maximum atomic E-state index is 13.6. The molecule has 0 unspecified atom stereocenters. The molecule has 0 saturated carbocycles. The van der Waals surface area contributed by atoms with Gasteiger partial charge in [-0.15, -0.1) is 0 Å². The Morgan fingerprint density at radius 1 is 1.00 bits per heavy atom. The second kappa shape index (κ2) is 6.90. The molecule has 100 valence electrons. The van der Waals surface area contributed by atoms with E-state index in [0.29, 0.717) is 12.1 Å². The van der Waals surface area contributed by atoms with Gasteiger partial charge in [0, 0.05) is 17.1 Å². The fraction of sp³-hybridized carbons (Fsp3) is 0.200. The Hall–Kier alpha value is -1.09. The Morgan fingerprint density at radius 3 is 2.47 bits per heavy atom. The maximum Gasteiger partial charge on any atom is 0.146 e. The number of rotatable bonds is 5. The van der Waals surface area contributed by atoms with Gasteiger partial charge in [-0.1, -0.05) is 47.5 Å². The van der Waals surface area contributed by atoms with Crippen LogP contribution in [-0.2, 0) is 13.0 Å². The predicted molar refractivity (Wildman–Crippen MR) is 78.3 cm³/mol. The molecule has 0 bridgehead atoms. The van der Waals surface area contributed by atoms with Crippen LogP contribution in [0.15, 0.2) is 42.5 Å². The minimum atomic E-state index is -0.344. The molecule has 4 heteroatoms. The molecule has 0 aliphatic carbocycles. The molecular formula is C15H14Cl2FN. The van der Waals surface area contributed by atoms with Crippen LogP contribution in [0.5, 0.6) is 0 Å². The van der Waals surface area contributed by atoms with Gasteiger partial charge in [-0.2, -0.15) is 0 Å². The zero-order valence-corrected chi connectivity index (χ0v) is 11.8. The van der Waals surface area contributed by atoms with E-state index in [-0.39, 0.29) is 10.8 Å². The van der Waals surface area contributed by atoms with Gasteiger partial charge in [0.25, 0.3) is 0 Å². The van der Waals surface area contributed by atoms with E-state index in [1.165, 1.54) is 5.56 Å². The maximum absolute atomic E-state index is 13.6. The van der Waals surface area contributed by atoms with Crippen molar-refractivity contribution in [1.29, 1.82) is 0 Å². The van der Waals surface area contributed by atoms with Gasteiger partial charge in [0.15, 0.2) is 0 Å². The van der Waals surface area contributed by atoms with E-state index in [1.807, 2.05) is 24.3 Å². The van der Waals surface area contributed by atoms with Crippen molar-refractivity contribution in [1.82, 2.24) is 5.32 Å². The van der Waals surface area contributed by atoms with Crippen molar-refractivity contribution in [2.75, 3.05) is 6.54 Å². The summed E-state index contributed by atoms with van der Waals surface area (Å²) in [6.07, 6.45) is 0.874. The first-order valence-corrected chi connectivity index (χ1v) is 6.80. The van der Waals surface area contributed by atoms with E-state index >= 15 is 0 Å². The first kappa shape index (κ1) is 14.3. The molecule has 19 heavy (non-hydrogen) atoms. The van der Waals surface area contributed by atoms with Crippen molar-refractivity contribution < 1.29 is 4.39 Å². The number of hydrogen-bond acceptors (Lipinski definition) is 1. The Kier molecular flexibility index (Phi) is 5.20. The number of halogens is 3. The van der Waals surface area contributed by atoms with Crippen molar-refractivity contribution in [3.05, 3.63) is 69.5 Å². The largest absolute Gasteiger partial charge is 0.312 e. The van der Waals surface area contributed by atoms with Gasteiger partial charge in [0.2, 0.25) is 0 Å². The predicted octanol–water partition coefficient (Wildman–Crippen LogP) is 4.46. The van der Waals surface area contributed by atoms with Gasteiger partial charge in [-0.25, -0.2) is 4.39 Å². The molecule has 0 aliphatic heterocycles. The van der Waals surface area contributed by atoms with Crippen LogP contribution >= 0.6 is 23.2 Å². The molecule has 0 fully saturated rings. The molecule has 0 aliphatic rings. The Morgan fingerprint density at radius 2 is 1.74 bits per heavy atom. The minimum absolute atomic E-state index is 0.164. The van der Waals surface area contributed by atoms with E-state index in [4.69, 9.17) is 23.2 Å². The molecule has 0 spiro atoms. The van der Waals surface area contributed by atoms with E-state index in [1.54, 1.807) is 18.2 Å². The van der Waals surface area contributed by atoms with Crippen molar-refractivity contribution in [2.45, 2.75) is 13.0 Å². The molecule has 0 radical (unpaired) electrons. The zero-order valence-electron chi connectivity index (χ0n) is 10.3. The first-order valence-electron chi connectivity index (χ1n) is 6.05. The quantitative estimate of drug-likeness (QED) is 0.803. The van der Waals surface area contributed by atoms with Crippen LogP contribution in [-0.4, -0.2) is 6.54 Å². The minimum Gasteiger partial charge on any atom is -0.312 e. The second-order valence-corrected chi connectivity index (χ2v) is 5.11. The van der Waals surface area contributed by atoms with Gasteiger partial charge in [0.1, 0.15) is 5.82 Å². The fourth-order valence-electron chi connectivity index (χ4n) is 1.79. The summed E-state index contributed by atoms with van der Waals surface area (Å²) in [6, 6.07) is 12.8. The SMILES string of the molecule is Fc1c(Cl)cccc1CNCCc1ccc(Cl)cc1. The van der Waals surface area contributed by atoms with Crippen LogP contribution in [0.3, 0.4) is 0 Å². The third kappa shape index (κ3) is 4.20. The van der Waals surface area contributed by atoms with Gasteiger partial charge >= 0.3 is 0 Å². The number of benzene rings is 2. The van der Waals surface area contributed by atoms with E-state index < -0.39 is 0 Å². The number of nitrogens with one attached hydrogen (secondary N) is 1. The standard InChI is InChI=1S/C15H14Cl2FN/c16-13-6-4-11(5-7-13)8-9-19-10-12-2-1-3-14(17)15(12)18/h1-7,19H,8-10H2. The van der Waals surface area contributed by atoms with Crippen molar-refractivity contribution >= 4 is 23.2 Å². The highest BCUT2D eigenvalue weighted by atomic mass is 35.5. The summed E-state index contributed by atoms with van der Waals surface area (Å²) in [5.41, 5.74) is 1.78. The normalized spacial score (nSPS) is 10.7. The summed E-state index contributed by atoms with van der Waals surface area (Å²) >= 11 is 11.5. The number of hydrogen-bond donors (Lipinski definition) is 1. The lowest BCUT2D eigenvalue weighted by atomic mass is 10.1. The van der Waals surface area contributed by atoms with Crippen molar-refractivity contribution in [3.63, 3.8) is 0 Å². The molecule has 2 aromatic carbocycles. The Labute approximate surface area is 122 Å². The summed E-state index contributed by atoms with van der Waals surface area (Å²) in [5.74, 6) is -0.344. The summed E-state index contributed by atoms with van der Waals surface area (Å²) in [6.45, 7) is 1.24. The van der Waals surface area contributed by atoms with E-state index in [9.17, 15) is 4.39 Å². The third-order valence-corrected chi connectivity index (χ3v) is 3.39. The van der Waals surface area contributed by atoms with Gasteiger partial charge in [-0.3, -0.25) is 0 Å². The van der Waals surface area contributed by atoms with E-state index in [2.05, 4.69) is 5.32 Å².